The summed E-state index contributed by atoms with van der Waals surface area (Å²) in [5.74, 6) is 0.239. The first-order valence-corrected chi connectivity index (χ1v) is 8.54. The van der Waals surface area contributed by atoms with Crippen LogP contribution in [0.2, 0.25) is 0 Å². The molecule has 0 heterocycles. The number of sulfonamides is 1. The van der Waals surface area contributed by atoms with Crippen LogP contribution in [-0.4, -0.2) is 28.0 Å². The highest BCUT2D eigenvalue weighted by atomic mass is 32.2. The van der Waals surface area contributed by atoms with Gasteiger partial charge in [-0.25, -0.2) is 13.6 Å². The quantitative estimate of drug-likeness (QED) is 0.824. The Balaban J connectivity index is 2.05. The predicted molar refractivity (Wildman–Crippen MR) is 89.7 cm³/mol. The maximum absolute atomic E-state index is 11.9. The van der Waals surface area contributed by atoms with Crippen LogP contribution < -0.4 is 19.9 Å². The molecule has 0 aliphatic heterocycles. The molecule has 128 valence electrons. The molecule has 1 amide bonds. The van der Waals surface area contributed by atoms with Crippen LogP contribution in [0.4, 0.5) is 5.69 Å². The lowest BCUT2D eigenvalue weighted by atomic mass is 10.2. The number of rotatable bonds is 6. The van der Waals surface area contributed by atoms with E-state index in [1.807, 2.05) is 19.1 Å². The molecule has 2 aromatic rings. The number of aryl methyl sites for hydroxylation is 1. The minimum atomic E-state index is -3.97. The zero-order valence-electron chi connectivity index (χ0n) is 13.3. The van der Waals surface area contributed by atoms with Gasteiger partial charge in [0.05, 0.1) is 7.11 Å². The van der Waals surface area contributed by atoms with Crippen molar-refractivity contribution < 1.29 is 22.7 Å². The summed E-state index contributed by atoms with van der Waals surface area (Å²) >= 11 is 0. The number of carbonyl (C=O) groups is 1. The maximum Gasteiger partial charge on any atom is 0.262 e. The third-order valence-corrected chi connectivity index (χ3v) is 4.08. The molecule has 0 radical (unpaired) electrons. The molecule has 0 unspecified atom stereocenters. The van der Waals surface area contributed by atoms with Crippen molar-refractivity contribution in [3.05, 3.63) is 48.0 Å². The number of hydrogen-bond acceptors (Lipinski definition) is 5. The zero-order chi connectivity index (χ0) is 17.7. The van der Waals surface area contributed by atoms with E-state index in [2.05, 4.69) is 5.32 Å². The summed E-state index contributed by atoms with van der Waals surface area (Å²) < 4.78 is 33.4. The van der Waals surface area contributed by atoms with Gasteiger partial charge in [-0.15, -0.1) is 0 Å². The van der Waals surface area contributed by atoms with Gasteiger partial charge in [-0.2, -0.15) is 0 Å². The van der Waals surface area contributed by atoms with Crippen LogP contribution in [0.1, 0.15) is 5.56 Å². The van der Waals surface area contributed by atoms with Gasteiger partial charge in [0.15, 0.2) is 6.61 Å². The molecule has 0 aliphatic carbocycles. The Morgan fingerprint density at radius 3 is 2.42 bits per heavy atom. The third kappa shape index (κ3) is 4.71. The number of anilines is 1. The summed E-state index contributed by atoms with van der Waals surface area (Å²) in [6, 6.07) is 11.4. The van der Waals surface area contributed by atoms with Crippen molar-refractivity contribution in [2.24, 2.45) is 5.14 Å². The average molecular weight is 350 g/mol. The van der Waals surface area contributed by atoms with E-state index < -0.39 is 15.9 Å². The summed E-state index contributed by atoms with van der Waals surface area (Å²) in [5, 5.41) is 7.68. The molecular weight excluding hydrogens is 332 g/mol. The number of nitrogens with one attached hydrogen (secondary N) is 1. The van der Waals surface area contributed by atoms with Crippen molar-refractivity contribution in [1.29, 1.82) is 0 Å². The van der Waals surface area contributed by atoms with E-state index in [-0.39, 0.29) is 22.9 Å². The molecule has 0 fully saturated rings. The van der Waals surface area contributed by atoms with E-state index in [0.717, 1.165) is 5.56 Å². The van der Waals surface area contributed by atoms with Crippen LogP contribution in [0.15, 0.2) is 47.4 Å². The Labute approximate surface area is 140 Å². The van der Waals surface area contributed by atoms with Crippen molar-refractivity contribution in [2.75, 3.05) is 19.0 Å². The van der Waals surface area contributed by atoms with Crippen LogP contribution in [0.25, 0.3) is 0 Å². The second-order valence-corrected chi connectivity index (χ2v) is 6.59. The van der Waals surface area contributed by atoms with Gasteiger partial charge in [0.1, 0.15) is 16.4 Å². The second-order valence-electron chi connectivity index (χ2n) is 5.06. The van der Waals surface area contributed by atoms with E-state index in [9.17, 15) is 13.2 Å². The third-order valence-electron chi connectivity index (χ3n) is 3.14. The van der Waals surface area contributed by atoms with E-state index >= 15 is 0 Å². The van der Waals surface area contributed by atoms with Crippen LogP contribution >= 0.6 is 0 Å². The number of carbonyl (C=O) groups excluding carboxylic acids is 1. The molecule has 0 spiro atoms. The zero-order valence-corrected chi connectivity index (χ0v) is 14.1. The van der Waals surface area contributed by atoms with Gasteiger partial charge in [-0.3, -0.25) is 4.79 Å². The van der Waals surface area contributed by atoms with Crippen molar-refractivity contribution in [2.45, 2.75) is 11.8 Å². The molecule has 0 atom stereocenters. The maximum atomic E-state index is 11.9. The fourth-order valence-corrected chi connectivity index (χ4v) is 2.68. The SMILES string of the molecule is COc1ccc(NC(=O)COc2ccc(C)cc2)cc1S(N)(=O)=O. The summed E-state index contributed by atoms with van der Waals surface area (Å²) in [6.07, 6.45) is 0. The number of amides is 1. The average Bonchev–Trinajstić information content (AvgIpc) is 2.53. The number of primary sulfonamides is 1. The van der Waals surface area contributed by atoms with Crippen molar-refractivity contribution in [3.8, 4) is 11.5 Å². The van der Waals surface area contributed by atoms with Gasteiger partial charge >= 0.3 is 0 Å². The number of benzene rings is 2. The molecule has 2 aromatic carbocycles. The van der Waals surface area contributed by atoms with Gasteiger partial charge in [0.25, 0.3) is 5.91 Å². The lowest BCUT2D eigenvalue weighted by Crippen LogP contribution is -2.21. The molecule has 3 N–H and O–H groups in total. The molecule has 0 saturated carbocycles. The summed E-state index contributed by atoms with van der Waals surface area (Å²) in [7, 11) is -2.64. The highest BCUT2D eigenvalue weighted by molar-refractivity contribution is 7.89. The van der Waals surface area contributed by atoms with Crippen molar-refractivity contribution in [1.82, 2.24) is 0 Å². The molecule has 24 heavy (non-hydrogen) atoms. The summed E-state index contributed by atoms with van der Waals surface area (Å²) in [6.45, 7) is 1.74. The molecule has 0 bridgehead atoms. The minimum absolute atomic E-state index is 0.103. The van der Waals surface area contributed by atoms with Crippen LogP contribution in [-0.2, 0) is 14.8 Å². The van der Waals surface area contributed by atoms with Crippen LogP contribution in [0, 0.1) is 6.92 Å². The molecule has 0 aromatic heterocycles. The van der Waals surface area contributed by atoms with E-state index in [1.165, 1.54) is 25.3 Å². The van der Waals surface area contributed by atoms with Gasteiger partial charge in [0, 0.05) is 5.69 Å². The van der Waals surface area contributed by atoms with Gasteiger partial charge in [-0.05, 0) is 37.3 Å². The first-order chi connectivity index (χ1) is 11.3. The smallest absolute Gasteiger partial charge is 0.262 e. The Bertz CT molecular complexity index is 832. The normalized spacial score (nSPS) is 11.0. The fourth-order valence-electron chi connectivity index (χ4n) is 1.96. The second kappa shape index (κ2) is 7.33. The Kier molecular flexibility index (Phi) is 5.42. The molecule has 2 rings (SSSR count). The van der Waals surface area contributed by atoms with Crippen LogP contribution in [0.3, 0.4) is 0 Å². The Hall–Kier alpha value is -2.58. The lowest BCUT2D eigenvalue weighted by molar-refractivity contribution is -0.118. The summed E-state index contributed by atoms with van der Waals surface area (Å²) in [5.41, 5.74) is 1.36. The lowest BCUT2D eigenvalue weighted by Gasteiger charge is -2.11. The van der Waals surface area contributed by atoms with Gasteiger partial charge in [-0.1, -0.05) is 17.7 Å². The number of ether oxygens (including phenoxy) is 2. The number of methoxy groups -OCH3 is 1. The Morgan fingerprint density at radius 1 is 1.17 bits per heavy atom. The Morgan fingerprint density at radius 2 is 1.83 bits per heavy atom. The minimum Gasteiger partial charge on any atom is -0.495 e. The predicted octanol–water partition coefficient (Wildman–Crippen LogP) is 1.67. The first-order valence-electron chi connectivity index (χ1n) is 7.00. The van der Waals surface area contributed by atoms with Crippen molar-refractivity contribution >= 4 is 21.6 Å². The molecular formula is C16H18N2O5S. The highest BCUT2D eigenvalue weighted by Crippen LogP contribution is 2.26. The molecule has 7 nitrogen and oxygen atoms in total. The topological polar surface area (TPSA) is 108 Å². The standard InChI is InChI=1S/C16H18N2O5S/c1-11-3-6-13(7-4-11)23-10-16(19)18-12-5-8-14(22-2)15(9-12)24(17,20)21/h3-9H,10H2,1-2H3,(H,18,19)(H2,17,20,21). The molecule has 0 aliphatic rings. The molecule has 8 heteroatoms. The van der Waals surface area contributed by atoms with Gasteiger partial charge in [0.2, 0.25) is 10.0 Å². The summed E-state index contributed by atoms with van der Waals surface area (Å²) in [4.78, 5) is 11.7. The molecule has 0 saturated heterocycles. The number of nitrogens with two attached hydrogens (primary N) is 1. The van der Waals surface area contributed by atoms with E-state index in [1.54, 1.807) is 12.1 Å². The number of hydrogen-bond donors (Lipinski definition) is 2. The van der Waals surface area contributed by atoms with Crippen molar-refractivity contribution in [3.63, 3.8) is 0 Å². The fraction of sp³-hybridized carbons (Fsp3) is 0.188. The first kappa shape index (κ1) is 17.8. The highest BCUT2D eigenvalue weighted by Gasteiger charge is 2.16. The van der Waals surface area contributed by atoms with Gasteiger partial charge < -0.3 is 14.8 Å². The monoisotopic (exact) mass is 350 g/mol. The largest absolute Gasteiger partial charge is 0.495 e. The van der Waals surface area contributed by atoms with Crippen LogP contribution in [0.5, 0.6) is 11.5 Å². The van der Waals surface area contributed by atoms with E-state index in [4.69, 9.17) is 14.6 Å². The van der Waals surface area contributed by atoms with E-state index in [0.29, 0.717) is 5.75 Å².